The first-order valence-electron chi connectivity index (χ1n) is 8.57. The van der Waals surface area contributed by atoms with Gasteiger partial charge in [0.25, 0.3) is 0 Å². The quantitative estimate of drug-likeness (QED) is 0.723. The molecule has 1 saturated carbocycles. The van der Waals surface area contributed by atoms with Gasteiger partial charge >= 0.3 is 0 Å². The summed E-state index contributed by atoms with van der Waals surface area (Å²) in [7, 11) is 4.34. The van der Waals surface area contributed by atoms with Crippen molar-refractivity contribution in [3.63, 3.8) is 0 Å². The molecule has 0 aliphatic heterocycles. The number of hydrogen-bond acceptors (Lipinski definition) is 3. The number of carbonyl (C=O) groups is 1. The van der Waals surface area contributed by atoms with Crippen molar-refractivity contribution in [1.29, 1.82) is 0 Å². The topological polar surface area (TPSA) is 44.4 Å². The molecule has 0 heterocycles. The lowest BCUT2D eigenvalue weighted by atomic mass is 9.75. The summed E-state index contributed by atoms with van der Waals surface area (Å²) >= 11 is 0. The van der Waals surface area contributed by atoms with Crippen LogP contribution in [0.5, 0.6) is 0 Å². The van der Waals surface area contributed by atoms with Crippen LogP contribution in [-0.2, 0) is 4.79 Å². The molecule has 0 spiro atoms. The van der Waals surface area contributed by atoms with E-state index in [1.165, 1.54) is 25.7 Å². The van der Waals surface area contributed by atoms with Gasteiger partial charge in [0.05, 0.1) is 6.54 Å². The van der Waals surface area contributed by atoms with E-state index in [0.717, 1.165) is 25.3 Å². The van der Waals surface area contributed by atoms with Gasteiger partial charge in [0, 0.05) is 18.1 Å². The summed E-state index contributed by atoms with van der Waals surface area (Å²) in [6.45, 7) is 7.89. The highest BCUT2D eigenvalue weighted by Crippen LogP contribution is 2.35. The zero-order chi connectivity index (χ0) is 15.9. The van der Waals surface area contributed by atoms with Gasteiger partial charge in [0.2, 0.25) is 5.91 Å². The van der Waals surface area contributed by atoms with Crippen molar-refractivity contribution < 1.29 is 4.79 Å². The molecule has 4 nitrogen and oxygen atoms in total. The normalized spacial score (nSPS) is 27.6. The third-order valence-electron chi connectivity index (χ3n) is 4.88. The van der Waals surface area contributed by atoms with Crippen LogP contribution >= 0.6 is 0 Å². The molecule has 0 aromatic heterocycles. The number of likely N-dealkylation sites (N-methyl/N-ethyl adjacent to an activating group) is 1. The summed E-state index contributed by atoms with van der Waals surface area (Å²) in [6.07, 6.45) is 7.23. The lowest BCUT2D eigenvalue weighted by molar-refractivity contribution is -0.121. The first-order valence-corrected chi connectivity index (χ1v) is 8.57. The van der Waals surface area contributed by atoms with Gasteiger partial charge in [-0.1, -0.05) is 33.1 Å². The van der Waals surface area contributed by atoms with Gasteiger partial charge in [0.1, 0.15) is 0 Å². The van der Waals surface area contributed by atoms with E-state index in [1.807, 2.05) is 0 Å². The summed E-state index contributed by atoms with van der Waals surface area (Å²) in [4.78, 5) is 14.3. The summed E-state index contributed by atoms with van der Waals surface area (Å²) in [5.74, 6) is 0.898. The van der Waals surface area contributed by atoms with Crippen LogP contribution in [0.15, 0.2) is 0 Å². The molecule has 1 amide bonds. The Morgan fingerprint density at radius 3 is 2.71 bits per heavy atom. The smallest absolute Gasteiger partial charge is 0.234 e. The lowest BCUT2D eigenvalue weighted by Crippen LogP contribution is -2.55. The van der Waals surface area contributed by atoms with Crippen LogP contribution < -0.4 is 10.6 Å². The molecule has 1 fully saturated rings. The number of nitrogens with one attached hydrogen (secondary N) is 2. The van der Waals surface area contributed by atoms with E-state index in [4.69, 9.17) is 0 Å². The van der Waals surface area contributed by atoms with Crippen LogP contribution in [-0.4, -0.2) is 49.6 Å². The maximum absolute atomic E-state index is 11.9. The van der Waals surface area contributed by atoms with Crippen LogP contribution in [0, 0.1) is 5.92 Å². The molecule has 4 heteroatoms. The molecule has 0 aromatic carbocycles. The van der Waals surface area contributed by atoms with E-state index in [-0.39, 0.29) is 17.5 Å². The van der Waals surface area contributed by atoms with Gasteiger partial charge < -0.3 is 15.5 Å². The Balaban J connectivity index is 2.39. The zero-order valence-electron chi connectivity index (χ0n) is 14.7. The lowest BCUT2D eigenvalue weighted by Gasteiger charge is -2.45. The summed E-state index contributed by atoms with van der Waals surface area (Å²) in [5.41, 5.74) is 0.215. The van der Waals surface area contributed by atoms with Crippen LogP contribution in [0.1, 0.15) is 59.3 Å². The van der Waals surface area contributed by atoms with Crippen molar-refractivity contribution in [2.45, 2.75) is 70.9 Å². The molecule has 1 aliphatic rings. The monoisotopic (exact) mass is 297 g/mol. The van der Waals surface area contributed by atoms with Crippen LogP contribution in [0.25, 0.3) is 0 Å². The Labute approximate surface area is 131 Å². The Morgan fingerprint density at radius 2 is 2.14 bits per heavy atom. The highest BCUT2D eigenvalue weighted by atomic mass is 16.1. The van der Waals surface area contributed by atoms with Gasteiger partial charge in [-0.2, -0.15) is 0 Å². The second-order valence-corrected chi connectivity index (χ2v) is 7.18. The molecular formula is C17H35N3O. The predicted molar refractivity (Wildman–Crippen MR) is 89.4 cm³/mol. The SMILES string of the molecule is CCCC(C)NC(=O)CNCC1(N(C)C)CCCC(C)C1. The molecule has 1 rings (SSSR count). The number of hydrogen-bond donors (Lipinski definition) is 2. The van der Waals surface area contributed by atoms with E-state index < -0.39 is 0 Å². The van der Waals surface area contributed by atoms with Crippen molar-refractivity contribution in [2.75, 3.05) is 27.2 Å². The molecule has 1 aliphatic carbocycles. The van der Waals surface area contributed by atoms with Gasteiger partial charge in [0.15, 0.2) is 0 Å². The maximum atomic E-state index is 11.9. The molecule has 0 saturated heterocycles. The molecule has 0 aromatic rings. The Bertz CT molecular complexity index is 319. The molecular weight excluding hydrogens is 262 g/mol. The fourth-order valence-corrected chi connectivity index (χ4v) is 3.60. The molecule has 0 radical (unpaired) electrons. The van der Waals surface area contributed by atoms with Crippen molar-refractivity contribution >= 4 is 5.91 Å². The average Bonchev–Trinajstić information content (AvgIpc) is 2.38. The highest BCUT2D eigenvalue weighted by Gasteiger charge is 2.36. The van der Waals surface area contributed by atoms with Crippen LogP contribution in [0.4, 0.5) is 0 Å². The van der Waals surface area contributed by atoms with Gasteiger partial charge in [-0.15, -0.1) is 0 Å². The standard InChI is InChI=1S/C17H35N3O/c1-6-8-15(3)19-16(21)12-18-13-17(20(4)5)10-7-9-14(2)11-17/h14-15,18H,6-13H2,1-5H3,(H,19,21). The van der Waals surface area contributed by atoms with Gasteiger partial charge in [-0.05, 0) is 46.2 Å². The molecule has 2 N–H and O–H groups in total. The molecule has 0 bridgehead atoms. The minimum Gasteiger partial charge on any atom is -0.353 e. The zero-order valence-corrected chi connectivity index (χ0v) is 14.7. The Hall–Kier alpha value is -0.610. The number of carbonyl (C=O) groups excluding carboxylic acids is 1. The molecule has 3 atom stereocenters. The second-order valence-electron chi connectivity index (χ2n) is 7.18. The number of rotatable bonds is 8. The van der Waals surface area contributed by atoms with E-state index in [0.29, 0.717) is 6.54 Å². The third-order valence-corrected chi connectivity index (χ3v) is 4.88. The Morgan fingerprint density at radius 1 is 1.43 bits per heavy atom. The minimum absolute atomic E-state index is 0.119. The van der Waals surface area contributed by atoms with Crippen molar-refractivity contribution in [1.82, 2.24) is 15.5 Å². The largest absolute Gasteiger partial charge is 0.353 e. The van der Waals surface area contributed by atoms with E-state index in [2.05, 4.69) is 50.4 Å². The van der Waals surface area contributed by atoms with Gasteiger partial charge in [-0.3, -0.25) is 4.79 Å². The highest BCUT2D eigenvalue weighted by molar-refractivity contribution is 5.78. The minimum atomic E-state index is 0.119. The first-order chi connectivity index (χ1) is 9.89. The fourth-order valence-electron chi connectivity index (χ4n) is 3.60. The van der Waals surface area contributed by atoms with Gasteiger partial charge in [-0.25, -0.2) is 0 Å². The van der Waals surface area contributed by atoms with E-state index in [1.54, 1.807) is 0 Å². The number of amides is 1. The van der Waals surface area contributed by atoms with Crippen molar-refractivity contribution in [2.24, 2.45) is 5.92 Å². The maximum Gasteiger partial charge on any atom is 0.234 e. The van der Waals surface area contributed by atoms with Crippen LogP contribution in [0.3, 0.4) is 0 Å². The third kappa shape index (κ3) is 5.95. The van der Waals surface area contributed by atoms with Crippen molar-refractivity contribution in [3.8, 4) is 0 Å². The fraction of sp³-hybridized carbons (Fsp3) is 0.941. The predicted octanol–water partition coefficient (Wildman–Crippen LogP) is 2.39. The summed E-state index contributed by atoms with van der Waals surface area (Å²) in [5, 5.41) is 6.45. The molecule has 124 valence electrons. The second kappa shape index (κ2) is 8.74. The summed E-state index contributed by atoms with van der Waals surface area (Å²) in [6, 6.07) is 0.279. The first kappa shape index (κ1) is 18.4. The number of nitrogens with zero attached hydrogens (tertiary/aromatic N) is 1. The summed E-state index contributed by atoms with van der Waals surface area (Å²) < 4.78 is 0. The van der Waals surface area contributed by atoms with E-state index >= 15 is 0 Å². The molecule has 3 unspecified atom stereocenters. The Kier molecular flexibility index (Phi) is 7.67. The molecule has 21 heavy (non-hydrogen) atoms. The van der Waals surface area contributed by atoms with Crippen LogP contribution in [0.2, 0.25) is 0 Å². The average molecular weight is 297 g/mol. The van der Waals surface area contributed by atoms with E-state index in [9.17, 15) is 4.79 Å². The van der Waals surface area contributed by atoms with Crippen molar-refractivity contribution in [3.05, 3.63) is 0 Å².